The Morgan fingerprint density at radius 1 is 1.03 bits per heavy atom. The first kappa shape index (κ1) is 22.6. The third kappa shape index (κ3) is 4.34. The molecule has 0 atom stereocenters. The Bertz CT molecular complexity index is 1480. The summed E-state index contributed by atoms with van der Waals surface area (Å²) in [4.78, 5) is 28.1. The van der Waals surface area contributed by atoms with E-state index in [0.29, 0.717) is 44.8 Å². The molecule has 9 nitrogen and oxygen atoms in total. The van der Waals surface area contributed by atoms with Crippen molar-refractivity contribution in [2.75, 3.05) is 4.90 Å². The van der Waals surface area contributed by atoms with Gasteiger partial charge in [-0.25, -0.2) is 0 Å². The minimum absolute atomic E-state index is 0.0151. The maximum Gasteiger partial charge on any atom is 0.270 e. The maximum atomic E-state index is 13.4. The number of hydrogen-bond acceptors (Lipinski definition) is 9. The largest absolute Gasteiger partial charge is 0.457 e. The minimum Gasteiger partial charge on any atom is -0.457 e. The van der Waals surface area contributed by atoms with E-state index in [0.717, 1.165) is 11.5 Å². The van der Waals surface area contributed by atoms with Gasteiger partial charge in [0.1, 0.15) is 21.9 Å². The van der Waals surface area contributed by atoms with Gasteiger partial charge < -0.3 is 9.26 Å². The zero-order valence-corrected chi connectivity index (χ0v) is 20.1. The summed E-state index contributed by atoms with van der Waals surface area (Å²) in [5, 5.41) is 10.6. The van der Waals surface area contributed by atoms with Crippen LogP contribution in [0.4, 0.5) is 5.69 Å². The van der Waals surface area contributed by atoms with E-state index in [2.05, 4.69) is 20.1 Å². The molecule has 5 rings (SSSR count). The van der Waals surface area contributed by atoms with Crippen LogP contribution < -0.4 is 15.0 Å². The summed E-state index contributed by atoms with van der Waals surface area (Å²) in [7, 11) is 0. The van der Waals surface area contributed by atoms with Crippen molar-refractivity contribution in [1.29, 1.82) is 0 Å². The Morgan fingerprint density at radius 3 is 2.43 bits per heavy atom. The molecule has 0 unspecified atom stereocenters. The Hall–Kier alpha value is -4.22. The molecule has 3 heterocycles. The molecule has 0 radical (unpaired) electrons. The number of carbonyl (C=O) groups is 2. The molecule has 174 valence electrons. The molecule has 2 amide bonds. The van der Waals surface area contributed by atoms with Crippen LogP contribution in [0.5, 0.6) is 11.5 Å². The fourth-order valence-electron chi connectivity index (χ4n) is 3.47. The highest BCUT2D eigenvalue weighted by molar-refractivity contribution is 7.80. The molecule has 1 N–H and O–H groups in total. The zero-order valence-electron chi connectivity index (χ0n) is 18.5. The van der Waals surface area contributed by atoms with Crippen molar-refractivity contribution in [3.63, 3.8) is 0 Å². The number of amides is 2. The number of nitrogens with one attached hydrogen (secondary N) is 1. The van der Waals surface area contributed by atoms with E-state index >= 15 is 0 Å². The predicted molar refractivity (Wildman–Crippen MR) is 134 cm³/mol. The van der Waals surface area contributed by atoms with Crippen LogP contribution >= 0.6 is 23.8 Å². The molecule has 4 aromatic rings. The Balaban J connectivity index is 1.46. The van der Waals surface area contributed by atoms with Gasteiger partial charge in [0.2, 0.25) is 0 Å². The highest BCUT2D eigenvalue weighted by atomic mass is 32.1. The van der Waals surface area contributed by atoms with Gasteiger partial charge >= 0.3 is 0 Å². The summed E-state index contributed by atoms with van der Waals surface area (Å²) < 4.78 is 15.2. The van der Waals surface area contributed by atoms with Gasteiger partial charge in [-0.1, -0.05) is 27.8 Å². The van der Waals surface area contributed by atoms with E-state index in [1.807, 2.05) is 30.3 Å². The number of nitrogens with zero attached hydrogens (tertiary/aromatic N) is 4. The second-order valence-electron chi connectivity index (χ2n) is 7.57. The van der Waals surface area contributed by atoms with Crippen LogP contribution in [0.25, 0.3) is 16.7 Å². The minimum atomic E-state index is -0.606. The van der Waals surface area contributed by atoms with Crippen LogP contribution in [-0.2, 0) is 9.59 Å². The van der Waals surface area contributed by atoms with Gasteiger partial charge in [-0.15, -0.1) is 5.10 Å². The van der Waals surface area contributed by atoms with E-state index in [9.17, 15) is 9.59 Å². The fraction of sp³-hybridized carbons (Fsp3) is 0.0833. The lowest BCUT2D eigenvalue weighted by atomic mass is 10.0. The molecule has 1 fully saturated rings. The van der Waals surface area contributed by atoms with Gasteiger partial charge in [0.15, 0.2) is 10.9 Å². The number of thiocarbonyl (C=S) groups is 1. The van der Waals surface area contributed by atoms with Gasteiger partial charge in [-0.2, -0.15) is 0 Å². The molecular weight excluding hydrogens is 486 g/mol. The molecule has 0 spiro atoms. The van der Waals surface area contributed by atoms with Crippen molar-refractivity contribution in [2.45, 2.75) is 13.8 Å². The summed E-state index contributed by atoms with van der Waals surface area (Å²) in [5.41, 5.74) is 2.05. The van der Waals surface area contributed by atoms with Gasteiger partial charge in [0.05, 0.1) is 17.1 Å². The van der Waals surface area contributed by atoms with Crippen molar-refractivity contribution < 1.29 is 18.8 Å². The van der Waals surface area contributed by atoms with E-state index < -0.39 is 11.8 Å². The zero-order chi connectivity index (χ0) is 24.5. The number of benzene rings is 2. The van der Waals surface area contributed by atoms with Crippen LogP contribution in [0.1, 0.15) is 17.0 Å². The predicted octanol–water partition coefficient (Wildman–Crippen LogP) is 4.43. The number of para-hydroxylation sites is 1. The third-order valence-corrected chi connectivity index (χ3v) is 6.34. The topological polar surface area (TPSA) is 110 Å². The molecule has 2 aromatic carbocycles. The van der Waals surface area contributed by atoms with E-state index in [-0.39, 0.29) is 10.7 Å². The number of ether oxygens (including phenoxy) is 1. The molecule has 1 aliphatic rings. The van der Waals surface area contributed by atoms with Crippen LogP contribution in [0.15, 0.2) is 64.7 Å². The SMILES string of the molecule is Cc1nnsc1-c1onc(C)c1C=C1C(=O)NC(=S)N(c2ccc(Oc3ccccc3)cc2)C1=O. The monoisotopic (exact) mass is 503 g/mol. The number of hydrogen-bond donors (Lipinski definition) is 1. The summed E-state index contributed by atoms with van der Waals surface area (Å²) in [6, 6.07) is 16.2. The summed E-state index contributed by atoms with van der Waals surface area (Å²) >= 11 is 6.45. The lowest BCUT2D eigenvalue weighted by Gasteiger charge is -2.29. The number of anilines is 1. The van der Waals surface area contributed by atoms with Crippen molar-refractivity contribution in [2.24, 2.45) is 0 Å². The third-order valence-electron chi connectivity index (χ3n) is 5.23. The lowest BCUT2D eigenvalue weighted by molar-refractivity contribution is -0.122. The van der Waals surface area contributed by atoms with Gasteiger partial charge in [0, 0.05) is 5.56 Å². The maximum absolute atomic E-state index is 13.4. The van der Waals surface area contributed by atoms with Crippen molar-refractivity contribution >= 4 is 52.4 Å². The van der Waals surface area contributed by atoms with Crippen molar-refractivity contribution in [1.82, 2.24) is 20.1 Å². The molecule has 1 aliphatic heterocycles. The second-order valence-corrected chi connectivity index (χ2v) is 8.71. The van der Waals surface area contributed by atoms with Gasteiger partial charge in [-0.3, -0.25) is 19.8 Å². The van der Waals surface area contributed by atoms with Gasteiger partial charge in [-0.05, 0) is 80.1 Å². The Morgan fingerprint density at radius 2 is 1.74 bits per heavy atom. The quantitative estimate of drug-likeness (QED) is 0.242. The normalized spacial score (nSPS) is 15.0. The number of aromatic nitrogens is 3. The molecule has 0 aliphatic carbocycles. The smallest absolute Gasteiger partial charge is 0.270 e. The summed E-state index contributed by atoms with van der Waals surface area (Å²) in [6.45, 7) is 3.51. The molecule has 0 saturated carbocycles. The van der Waals surface area contributed by atoms with E-state index in [4.69, 9.17) is 21.5 Å². The van der Waals surface area contributed by atoms with Crippen LogP contribution in [-0.4, -0.2) is 31.7 Å². The Labute approximate surface area is 209 Å². The number of carbonyl (C=O) groups excluding carboxylic acids is 2. The molecule has 11 heteroatoms. The van der Waals surface area contributed by atoms with Crippen LogP contribution in [0.2, 0.25) is 0 Å². The number of aryl methyl sites for hydroxylation is 2. The summed E-state index contributed by atoms with van der Waals surface area (Å²) in [6.07, 6.45) is 1.46. The van der Waals surface area contributed by atoms with Crippen molar-refractivity contribution in [3.8, 4) is 22.1 Å². The lowest BCUT2D eigenvalue weighted by Crippen LogP contribution is -2.54. The van der Waals surface area contributed by atoms with E-state index in [1.54, 1.807) is 38.1 Å². The molecule has 0 bridgehead atoms. The first-order valence-electron chi connectivity index (χ1n) is 10.4. The molecule has 2 aromatic heterocycles. The first-order chi connectivity index (χ1) is 16.9. The van der Waals surface area contributed by atoms with Gasteiger partial charge in [0.25, 0.3) is 11.8 Å². The van der Waals surface area contributed by atoms with E-state index in [1.165, 1.54) is 11.0 Å². The molecule has 1 saturated heterocycles. The molecule has 35 heavy (non-hydrogen) atoms. The highest BCUT2D eigenvalue weighted by Gasteiger charge is 2.35. The van der Waals surface area contributed by atoms with Crippen molar-refractivity contribution in [3.05, 3.63) is 77.1 Å². The summed E-state index contributed by atoms with van der Waals surface area (Å²) in [5.74, 6) is 0.499. The van der Waals surface area contributed by atoms with Crippen LogP contribution in [0, 0.1) is 13.8 Å². The average molecular weight is 504 g/mol. The van der Waals surface area contributed by atoms with Crippen LogP contribution in [0.3, 0.4) is 0 Å². The second kappa shape index (κ2) is 9.20. The molecular formula is C24H17N5O4S2. The fourth-order valence-corrected chi connectivity index (χ4v) is 4.40. The Kier molecular flexibility index (Phi) is 5.93. The number of rotatable bonds is 5. The standard InChI is InChI=1S/C24H17N5O4S2/c1-13-18(20(33-27-13)21-14(2)26-28-35-21)12-19-22(30)25-24(34)29(23(19)31)15-8-10-17(11-9-15)32-16-6-4-3-5-7-16/h3-12H,1-2H3,(H,25,30,34). The first-order valence-corrected chi connectivity index (χ1v) is 11.6. The average Bonchev–Trinajstić information content (AvgIpc) is 3.43. The highest BCUT2D eigenvalue weighted by Crippen LogP contribution is 2.33.